The molecule has 2 atom stereocenters. The van der Waals surface area contributed by atoms with Gasteiger partial charge in [0.05, 0.1) is 0 Å². The molecule has 0 spiro atoms. The van der Waals surface area contributed by atoms with Gasteiger partial charge in [0.2, 0.25) is 0 Å². The maximum absolute atomic E-state index is 5.87. The van der Waals surface area contributed by atoms with E-state index in [0.717, 1.165) is 19.1 Å². The Hall–Kier alpha value is -0.420. The summed E-state index contributed by atoms with van der Waals surface area (Å²) in [6.07, 6.45) is 7.44. The Morgan fingerprint density at radius 2 is 2.21 bits per heavy atom. The zero-order valence-corrected chi connectivity index (χ0v) is 12.3. The van der Waals surface area contributed by atoms with Crippen LogP contribution in [0.3, 0.4) is 0 Å². The minimum absolute atomic E-state index is 0.428. The zero-order chi connectivity index (χ0) is 13.1. The van der Waals surface area contributed by atoms with Crippen LogP contribution in [0.1, 0.15) is 48.5 Å². The van der Waals surface area contributed by atoms with Crippen molar-refractivity contribution >= 4 is 11.3 Å². The fourth-order valence-electron chi connectivity index (χ4n) is 3.63. The number of nitrogens with one attached hydrogen (secondary N) is 1. The molecule has 19 heavy (non-hydrogen) atoms. The molecule has 2 aliphatic rings. The van der Waals surface area contributed by atoms with Crippen LogP contribution in [-0.4, -0.2) is 19.3 Å². The molecule has 0 radical (unpaired) electrons. The molecule has 3 rings (SSSR count). The van der Waals surface area contributed by atoms with Crippen LogP contribution >= 0.6 is 11.3 Å². The number of fused-ring (bicyclic) bond motifs is 1. The molecular formula is C15H24N2OS. The monoisotopic (exact) mass is 280 g/mol. The molecule has 4 heteroatoms. The first-order valence-corrected chi connectivity index (χ1v) is 8.36. The maximum Gasteiger partial charge on any atom is 0.0468 e. The first-order chi connectivity index (χ1) is 9.38. The van der Waals surface area contributed by atoms with Crippen LogP contribution in [0.4, 0.5) is 0 Å². The van der Waals surface area contributed by atoms with Gasteiger partial charge in [-0.3, -0.25) is 11.3 Å². The van der Waals surface area contributed by atoms with Crippen molar-refractivity contribution in [2.75, 3.05) is 13.2 Å². The van der Waals surface area contributed by atoms with Gasteiger partial charge in [-0.1, -0.05) is 0 Å². The molecule has 106 valence electrons. The van der Waals surface area contributed by atoms with Crippen LogP contribution in [0.15, 0.2) is 11.4 Å². The highest BCUT2D eigenvalue weighted by Gasteiger charge is 2.30. The fraction of sp³-hybridized carbons (Fsp3) is 0.733. The highest BCUT2D eigenvalue weighted by atomic mass is 32.1. The number of rotatable bonds is 4. The Bertz CT molecular complexity index is 401. The van der Waals surface area contributed by atoms with Gasteiger partial charge in [0.1, 0.15) is 0 Å². The van der Waals surface area contributed by atoms with Gasteiger partial charge < -0.3 is 4.74 Å². The molecule has 3 nitrogen and oxygen atoms in total. The van der Waals surface area contributed by atoms with Gasteiger partial charge in [-0.15, -0.1) is 11.3 Å². The average molecular weight is 280 g/mol. The van der Waals surface area contributed by atoms with Crippen molar-refractivity contribution < 1.29 is 4.74 Å². The fourth-order valence-corrected chi connectivity index (χ4v) is 4.63. The Balaban J connectivity index is 1.69. The van der Waals surface area contributed by atoms with Gasteiger partial charge >= 0.3 is 0 Å². The molecule has 2 unspecified atom stereocenters. The first-order valence-electron chi connectivity index (χ1n) is 7.48. The molecule has 0 saturated carbocycles. The molecule has 0 aromatic carbocycles. The van der Waals surface area contributed by atoms with Gasteiger partial charge in [0.25, 0.3) is 0 Å². The number of hydrogen-bond donors (Lipinski definition) is 2. The van der Waals surface area contributed by atoms with Crippen molar-refractivity contribution in [1.29, 1.82) is 0 Å². The number of nitrogens with two attached hydrogens (primary N) is 1. The van der Waals surface area contributed by atoms with Crippen LogP contribution in [0.2, 0.25) is 0 Å². The largest absolute Gasteiger partial charge is 0.381 e. The third-order valence-electron chi connectivity index (χ3n) is 4.73. The third-order valence-corrected chi connectivity index (χ3v) is 5.72. The summed E-state index contributed by atoms with van der Waals surface area (Å²) in [5.41, 5.74) is 4.67. The summed E-state index contributed by atoms with van der Waals surface area (Å²) in [5.74, 6) is 7.26. The predicted molar refractivity (Wildman–Crippen MR) is 79.3 cm³/mol. The molecule has 3 N–H and O–H groups in total. The topological polar surface area (TPSA) is 47.3 Å². The normalized spacial score (nSPS) is 26.1. The van der Waals surface area contributed by atoms with E-state index in [4.69, 9.17) is 10.6 Å². The van der Waals surface area contributed by atoms with E-state index in [2.05, 4.69) is 16.9 Å². The summed E-state index contributed by atoms with van der Waals surface area (Å²) in [5, 5.41) is 2.24. The van der Waals surface area contributed by atoms with Crippen LogP contribution in [0.25, 0.3) is 0 Å². The highest BCUT2D eigenvalue weighted by molar-refractivity contribution is 7.10. The van der Waals surface area contributed by atoms with Gasteiger partial charge in [-0.25, -0.2) is 0 Å². The summed E-state index contributed by atoms with van der Waals surface area (Å²) in [4.78, 5) is 1.59. The van der Waals surface area contributed by atoms with E-state index in [1.807, 2.05) is 11.3 Å². The quantitative estimate of drug-likeness (QED) is 0.658. The number of hydrazine groups is 1. The second kappa shape index (κ2) is 6.35. The van der Waals surface area contributed by atoms with Crippen LogP contribution < -0.4 is 11.3 Å². The molecule has 1 aliphatic carbocycles. The Labute approximate surface area is 119 Å². The minimum Gasteiger partial charge on any atom is -0.381 e. The Kier molecular flexibility index (Phi) is 4.53. The van der Waals surface area contributed by atoms with Crippen LogP contribution in [0, 0.1) is 5.92 Å². The average Bonchev–Trinajstić information content (AvgIpc) is 2.94. The second-order valence-corrected chi connectivity index (χ2v) is 6.86. The molecular weight excluding hydrogens is 256 g/mol. The van der Waals surface area contributed by atoms with Crippen molar-refractivity contribution in [2.24, 2.45) is 11.8 Å². The lowest BCUT2D eigenvalue weighted by Crippen LogP contribution is -2.42. The Morgan fingerprint density at radius 1 is 1.37 bits per heavy atom. The standard InChI is InChI=1S/C15H24N2OS/c16-17-14(10-11-4-7-18-8-5-11)12-2-1-3-15-13(12)6-9-19-15/h6,9,11-12,14,17H,1-5,7-8,10,16H2. The lowest BCUT2D eigenvalue weighted by molar-refractivity contribution is 0.0591. The lowest BCUT2D eigenvalue weighted by atomic mass is 9.78. The summed E-state index contributed by atoms with van der Waals surface area (Å²) in [6.45, 7) is 1.85. The molecule has 1 aliphatic heterocycles. The molecule has 1 fully saturated rings. The van der Waals surface area contributed by atoms with Crippen LogP contribution in [0.5, 0.6) is 0 Å². The van der Waals surface area contributed by atoms with E-state index >= 15 is 0 Å². The van der Waals surface area contributed by atoms with Gasteiger partial charge in [-0.2, -0.15) is 0 Å². The van der Waals surface area contributed by atoms with E-state index in [1.165, 1.54) is 38.5 Å². The second-order valence-electron chi connectivity index (χ2n) is 5.86. The van der Waals surface area contributed by atoms with E-state index in [-0.39, 0.29) is 0 Å². The van der Waals surface area contributed by atoms with E-state index in [1.54, 1.807) is 10.4 Å². The molecule has 0 bridgehead atoms. The van der Waals surface area contributed by atoms with Crippen molar-refractivity contribution in [3.05, 3.63) is 21.9 Å². The molecule has 1 aromatic rings. The summed E-state index contributed by atoms with van der Waals surface area (Å²) in [7, 11) is 0. The molecule has 1 aromatic heterocycles. The van der Waals surface area contributed by atoms with Gasteiger partial charge in [0.15, 0.2) is 0 Å². The SMILES string of the molecule is NNC(CC1CCOCC1)C1CCCc2sccc21. The van der Waals surface area contributed by atoms with E-state index < -0.39 is 0 Å². The summed E-state index contributed by atoms with van der Waals surface area (Å²) >= 11 is 1.91. The van der Waals surface area contributed by atoms with Crippen molar-refractivity contribution in [1.82, 2.24) is 5.43 Å². The number of aryl methyl sites for hydroxylation is 1. The van der Waals surface area contributed by atoms with Crippen LogP contribution in [-0.2, 0) is 11.2 Å². The molecule has 2 heterocycles. The number of hydrogen-bond acceptors (Lipinski definition) is 4. The van der Waals surface area contributed by atoms with E-state index in [9.17, 15) is 0 Å². The number of ether oxygens (including phenoxy) is 1. The van der Waals surface area contributed by atoms with Crippen molar-refractivity contribution in [3.8, 4) is 0 Å². The van der Waals surface area contributed by atoms with Gasteiger partial charge in [0, 0.05) is 30.1 Å². The van der Waals surface area contributed by atoms with Gasteiger partial charge in [-0.05, 0) is 61.5 Å². The number of thiophene rings is 1. The predicted octanol–water partition coefficient (Wildman–Crippen LogP) is 2.82. The Morgan fingerprint density at radius 3 is 3.00 bits per heavy atom. The smallest absolute Gasteiger partial charge is 0.0468 e. The van der Waals surface area contributed by atoms with Crippen molar-refractivity contribution in [2.45, 2.75) is 50.5 Å². The van der Waals surface area contributed by atoms with E-state index in [0.29, 0.717) is 12.0 Å². The molecule has 1 saturated heterocycles. The summed E-state index contributed by atoms with van der Waals surface area (Å²) in [6, 6.07) is 2.75. The minimum atomic E-state index is 0.428. The lowest BCUT2D eigenvalue weighted by Gasteiger charge is -2.33. The zero-order valence-electron chi connectivity index (χ0n) is 11.4. The highest BCUT2D eigenvalue weighted by Crippen LogP contribution is 2.39. The molecule has 0 amide bonds. The maximum atomic E-state index is 5.87. The third kappa shape index (κ3) is 3.02. The first kappa shape index (κ1) is 13.6. The van der Waals surface area contributed by atoms with Crippen molar-refractivity contribution in [3.63, 3.8) is 0 Å². The summed E-state index contributed by atoms with van der Waals surface area (Å²) < 4.78 is 5.45.